The average molecular weight is 267 g/mol. The molecular weight excluding hydrogens is 238 g/mol. The molecule has 1 aliphatic heterocycles. The van der Waals surface area contributed by atoms with Gasteiger partial charge in [-0.1, -0.05) is 26.2 Å². The summed E-state index contributed by atoms with van der Waals surface area (Å²) in [7, 11) is 0. The largest absolute Gasteiger partial charge is 0.352 e. The summed E-state index contributed by atoms with van der Waals surface area (Å²) < 4.78 is 0. The maximum absolute atomic E-state index is 12.4. The monoisotopic (exact) mass is 267 g/mol. The van der Waals surface area contributed by atoms with Gasteiger partial charge in [0.05, 0.1) is 6.04 Å². The molecule has 4 heteroatoms. The van der Waals surface area contributed by atoms with Crippen LogP contribution in [-0.4, -0.2) is 42.0 Å². The minimum Gasteiger partial charge on any atom is -0.352 e. The summed E-state index contributed by atoms with van der Waals surface area (Å²) in [5.41, 5.74) is 5.86. The fourth-order valence-corrected chi connectivity index (χ4v) is 3.61. The normalized spacial score (nSPS) is 31.3. The molecule has 0 radical (unpaired) electrons. The van der Waals surface area contributed by atoms with Crippen LogP contribution in [0.25, 0.3) is 0 Å². The van der Waals surface area contributed by atoms with Gasteiger partial charge in [-0.05, 0) is 38.6 Å². The van der Waals surface area contributed by atoms with Gasteiger partial charge < -0.3 is 11.1 Å². The average Bonchev–Trinajstić information content (AvgIpc) is 2.80. The van der Waals surface area contributed by atoms with Crippen molar-refractivity contribution >= 4 is 5.91 Å². The van der Waals surface area contributed by atoms with Gasteiger partial charge in [-0.15, -0.1) is 0 Å². The standard InChI is InChI=1S/C15H29N3O/c1-11-8-9-18(14(11)10-16)12(2)15(19)17-13-6-4-3-5-7-13/h11-14H,3-10,16H2,1-2H3,(H,17,19). The van der Waals surface area contributed by atoms with Crippen LogP contribution in [0, 0.1) is 5.92 Å². The Bertz CT molecular complexity index is 302. The van der Waals surface area contributed by atoms with Gasteiger partial charge >= 0.3 is 0 Å². The molecule has 2 fully saturated rings. The van der Waals surface area contributed by atoms with Crippen molar-refractivity contribution in [3.63, 3.8) is 0 Å². The third kappa shape index (κ3) is 3.48. The van der Waals surface area contributed by atoms with E-state index in [0.29, 0.717) is 24.5 Å². The number of carbonyl (C=O) groups is 1. The molecule has 3 N–H and O–H groups in total. The Morgan fingerprint density at radius 3 is 2.63 bits per heavy atom. The van der Waals surface area contributed by atoms with Gasteiger partial charge in [-0.25, -0.2) is 0 Å². The van der Waals surface area contributed by atoms with Crippen LogP contribution < -0.4 is 11.1 Å². The number of hydrogen-bond donors (Lipinski definition) is 2. The van der Waals surface area contributed by atoms with E-state index in [1.165, 1.54) is 19.3 Å². The van der Waals surface area contributed by atoms with Crippen molar-refractivity contribution in [2.45, 2.75) is 70.5 Å². The molecule has 3 atom stereocenters. The Morgan fingerprint density at radius 1 is 1.32 bits per heavy atom. The lowest BCUT2D eigenvalue weighted by atomic mass is 9.95. The predicted octanol–water partition coefficient (Wildman–Crippen LogP) is 1.49. The molecule has 1 saturated heterocycles. The number of nitrogens with zero attached hydrogens (tertiary/aromatic N) is 1. The van der Waals surface area contributed by atoms with Crippen molar-refractivity contribution in [3.05, 3.63) is 0 Å². The number of rotatable bonds is 4. The summed E-state index contributed by atoms with van der Waals surface area (Å²) in [6.07, 6.45) is 7.28. The zero-order chi connectivity index (χ0) is 13.8. The molecule has 0 spiro atoms. The van der Waals surface area contributed by atoms with Crippen LogP contribution in [0.3, 0.4) is 0 Å². The van der Waals surface area contributed by atoms with Crippen LogP contribution in [0.4, 0.5) is 0 Å². The Balaban J connectivity index is 1.87. The number of amides is 1. The third-order valence-corrected chi connectivity index (χ3v) is 5.00. The second kappa shape index (κ2) is 6.71. The Morgan fingerprint density at radius 2 is 2.00 bits per heavy atom. The Hall–Kier alpha value is -0.610. The van der Waals surface area contributed by atoms with Crippen molar-refractivity contribution in [1.29, 1.82) is 0 Å². The van der Waals surface area contributed by atoms with Crippen LogP contribution in [0.2, 0.25) is 0 Å². The van der Waals surface area contributed by atoms with Gasteiger partial charge in [0.1, 0.15) is 0 Å². The Labute approximate surface area is 117 Å². The maximum atomic E-state index is 12.4. The molecule has 1 aliphatic carbocycles. The van der Waals surface area contributed by atoms with Crippen molar-refractivity contribution in [3.8, 4) is 0 Å². The first-order chi connectivity index (χ1) is 9.13. The van der Waals surface area contributed by atoms with E-state index < -0.39 is 0 Å². The first-order valence-electron chi connectivity index (χ1n) is 7.89. The van der Waals surface area contributed by atoms with Crippen LogP contribution in [-0.2, 0) is 4.79 Å². The smallest absolute Gasteiger partial charge is 0.237 e. The minimum absolute atomic E-state index is 0.0413. The predicted molar refractivity (Wildman–Crippen MR) is 77.8 cm³/mol. The molecule has 110 valence electrons. The topological polar surface area (TPSA) is 58.4 Å². The molecule has 4 nitrogen and oxygen atoms in total. The summed E-state index contributed by atoms with van der Waals surface area (Å²) in [6.45, 7) is 5.92. The molecule has 0 aromatic heterocycles. The number of nitrogens with two attached hydrogens (primary N) is 1. The molecule has 3 unspecified atom stereocenters. The van der Waals surface area contributed by atoms with E-state index in [1.54, 1.807) is 0 Å². The van der Waals surface area contributed by atoms with Gasteiger partial charge in [0, 0.05) is 18.6 Å². The minimum atomic E-state index is -0.0413. The molecule has 2 rings (SSSR count). The van der Waals surface area contributed by atoms with Crippen molar-refractivity contribution in [2.24, 2.45) is 11.7 Å². The first-order valence-corrected chi connectivity index (χ1v) is 7.89. The highest BCUT2D eigenvalue weighted by Crippen LogP contribution is 2.25. The summed E-state index contributed by atoms with van der Waals surface area (Å²) in [6, 6.07) is 0.729. The lowest BCUT2D eigenvalue weighted by molar-refractivity contribution is -0.127. The summed E-state index contributed by atoms with van der Waals surface area (Å²) in [5, 5.41) is 3.23. The van der Waals surface area contributed by atoms with Gasteiger partial charge in [-0.2, -0.15) is 0 Å². The third-order valence-electron chi connectivity index (χ3n) is 5.00. The molecule has 1 heterocycles. The number of hydrogen-bond acceptors (Lipinski definition) is 3. The van der Waals surface area contributed by atoms with Crippen molar-refractivity contribution in [2.75, 3.05) is 13.1 Å². The molecular formula is C15H29N3O. The summed E-state index contributed by atoms with van der Waals surface area (Å²) in [5.74, 6) is 0.800. The highest BCUT2D eigenvalue weighted by atomic mass is 16.2. The number of carbonyl (C=O) groups excluding carboxylic acids is 1. The lowest BCUT2D eigenvalue weighted by Gasteiger charge is -2.32. The van der Waals surface area contributed by atoms with Crippen LogP contribution in [0.15, 0.2) is 0 Å². The molecule has 19 heavy (non-hydrogen) atoms. The van der Waals surface area contributed by atoms with Crippen LogP contribution in [0.5, 0.6) is 0 Å². The van der Waals surface area contributed by atoms with E-state index in [1.807, 2.05) is 6.92 Å². The molecule has 1 amide bonds. The van der Waals surface area contributed by atoms with Crippen molar-refractivity contribution in [1.82, 2.24) is 10.2 Å². The van der Waals surface area contributed by atoms with E-state index in [9.17, 15) is 4.79 Å². The molecule has 1 saturated carbocycles. The van der Waals surface area contributed by atoms with Gasteiger partial charge in [-0.3, -0.25) is 9.69 Å². The quantitative estimate of drug-likeness (QED) is 0.811. The van der Waals surface area contributed by atoms with Gasteiger partial charge in [0.15, 0.2) is 0 Å². The highest BCUT2D eigenvalue weighted by molar-refractivity contribution is 5.81. The maximum Gasteiger partial charge on any atom is 0.237 e. The van der Waals surface area contributed by atoms with Gasteiger partial charge in [0.2, 0.25) is 5.91 Å². The summed E-state index contributed by atoms with van der Waals surface area (Å²) >= 11 is 0. The molecule has 0 bridgehead atoms. The van der Waals surface area contributed by atoms with Crippen LogP contribution >= 0.6 is 0 Å². The second-order valence-electron chi connectivity index (χ2n) is 6.33. The first kappa shape index (κ1) is 14.8. The SMILES string of the molecule is CC1CCN(C(C)C(=O)NC2CCCCC2)C1CN. The fraction of sp³-hybridized carbons (Fsp3) is 0.933. The zero-order valence-corrected chi connectivity index (χ0v) is 12.4. The zero-order valence-electron chi connectivity index (χ0n) is 12.4. The van der Waals surface area contributed by atoms with E-state index in [-0.39, 0.29) is 11.9 Å². The van der Waals surface area contributed by atoms with Crippen molar-refractivity contribution < 1.29 is 4.79 Å². The highest BCUT2D eigenvalue weighted by Gasteiger charge is 2.36. The van der Waals surface area contributed by atoms with E-state index >= 15 is 0 Å². The van der Waals surface area contributed by atoms with E-state index in [2.05, 4.69) is 17.1 Å². The lowest BCUT2D eigenvalue weighted by Crippen LogP contribution is -2.52. The van der Waals surface area contributed by atoms with Crippen LogP contribution in [0.1, 0.15) is 52.4 Å². The fourth-order valence-electron chi connectivity index (χ4n) is 3.61. The molecule has 2 aliphatic rings. The van der Waals surface area contributed by atoms with Gasteiger partial charge in [0.25, 0.3) is 0 Å². The number of nitrogens with one attached hydrogen (secondary N) is 1. The second-order valence-corrected chi connectivity index (χ2v) is 6.33. The summed E-state index contributed by atoms with van der Waals surface area (Å²) in [4.78, 5) is 14.7. The van der Waals surface area contributed by atoms with E-state index in [0.717, 1.165) is 25.8 Å². The Kier molecular flexibility index (Phi) is 5.22. The van der Waals surface area contributed by atoms with E-state index in [4.69, 9.17) is 5.73 Å². The molecule has 0 aromatic rings. The molecule has 0 aromatic carbocycles. The number of likely N-dealkylation sites (tertiary alicyclic amines) is 1.